The molecular formula is C15H25N3O2. The van der Waals surface area contributed by atoms with E-state index in [-0.39, 0.29) is 5.69 Å². The molecule has 0 atom stereocenters. The topological polar surface area (TPSA) is 70.1 Å². The third-order valence-corrected chi connectivity index (χ3v) is 4.56. The maximum Gasteiger partial charge on any atom is 0.360 e. The number of nitrogens with zero attached hydrogens (tertiary/aromatic N) is 2. The fourth-order valence-corrected chi connectivity index (χ4v) is 3.14. The van der Waals surface area contributed by atoms with Crippen molar-refractivity contribution in [3.8, 4) is 0 Å². The van der Waals surface area contributed by atoms with Gasteiger partial charge in [0.05, 0.1) is 7.11 Å². The highest BCUT2D eigenvalue weighted by molar-refractivity contribution is 5.92. The Balaban J connectivity index is 2.07. The number of aromatic nitrogens is 2. The minimum absolute atomic E-state index is 0.243. The van der Waals surface area contributed by atoms with Crippen molar-refractivity contribution in [1.82, 2.24) is 9.55 Å². The van der Waals surface area contributed by atoms with Crippen molar-refractivity contribution >= 4 is 11.8 Å². The van der Waals surface area contributed by atoms with E-state index < -0.39 is 5.97 Å². The summed E-state index contributed by atoms with van der Waals surface area (Å²) in [4.78, 5) is 15.8. The summed E-state index contributed by atoms with van der Waals surface area (Å²) in [6.07, 6.45) is 6.37. The largest absolute Gasteiger partial charge is 0.464 e. The lowest BCUT2D eigenvalue weighted by Crippen LogP contribution is -2.20. The zero-order valence-electron chi connectivity index (χ0n) is 12.7. The molecule has 0 spiro atoms. The molecule has 0 saturated heterocycles. The third-order valence-electron chi connectivity index (χ3n) is 4.56. The van der Waals surface area contributed by atoms with Gasteiger partial charge in [0.1, 0.15) is 11.6 Å². The second-order valence-corrected chi connectivity index (χ2v) is 5.79. The monoisotopic (exact) mass is 279 g/mol. The second-order valence-electron chi connectivity index (χ2n) is 5.79. The summed E-state index contributed by atoms with van der Waals surface area (Å²) in [5.41, 5.74) is 6.29. The summed E-state index contributed by atoms with van der Waals surface area (Å²) in [6, 6.07) is 0. The van der Waals surface area contributed by atoms with Crippen LogP contribution in [0.1, 0.15) is 55.3 Å². The number of anilines is 1. The average Bonchev–Trinajstić information content (AvgIpc) is 2.75. The summed E-state index contributed by atoms with van der Waals surface area (Å²) in [7, 11) is 1.35. The van der Waals surface area contributed by atoms with E-state index in [1.807, 2.05) is 11.5 Å². The highest BCUT2D eigenvalue weighted by Crippen LogP contribution is 2.32. The van der Waals surface area contributed by atoms with E-state index in [0.717, 1.165) is 18.3 Å². The van der Waals surface area contributed by atoms with Gasteiger partial charge in [0.25, 0.3) is 0 Å². The van der Waals surface area contributed by atoms with Crippen molar-refractivity contribution in [3.05, 3.63) is 11.5 Å². The molecule has 0 radical (unpaired) electrons. The molecule has 1 fully saturated rings. The van der Waals surface area contributed by atoms with E-state index in [0.29, 0.717) is 11.7 Å². The van der Waals surface area contributed by atoms with Crippen molar-refractivity contribution in [2.75, 3.05) is 12.8 Å². The Morgan fingerprint density at radius 1 is 1.35 bits per heavy atom. The lowest BCUT2D eigenvalue weighted by molar-refractivity contribution is 0.0595. The molecule has 0 aliphatic heterocycles. The molecule has 0 bridgehead atoms. The van der Waals surface area contributed by atoms with Gasteiger partial charge in [0, 0.05) is 6.54 Å². The van der Waals surface area contributed by atoms with Crippen LogP contribution < -0.4 is 5.73 Å². The third kappa shape index (κ3) is 2.97. The van der Waals surface area contributed by atoms with Crippen LogP contribution in [0.25, 0.3) is 0 Å². The molecule has 112 valence electrons. The number of aryl methyl sites for hydroxylation is 1. The highest BCUT2D eigenvalue weighted by Gasteiger charge is 2.24. The molecule has 5 nitrogen and oxygen atoms in total. The van der Waals surface area contributed by atoms with Crippen molar-refractivity contribution in [3.63, 3.8) is 0 Å². The van der Waals surface area contributed by atoms with E-state index in [2.05, 4.69) is 11.9 Å². The Labute approximate surface area is 120 Å². The molecule has 1 saturated carbocycles. The molecule has 1 heterocycles. The maximum atomic E-state index is 11.6. The average molecular weight is 279 g/mol. The smallest absolute Gasteiger partial charge is 0.360 e. The molecule has 0 aromatic carbocycles. The molecule has 0 amide bonds. The first-order valence-corrected chi connectivity index (χ1v) is 7.47. The molecule has 1 aromatic heterocycles. The summed E-state index contributed by atoms with van der Waals surface area (Å²) < 4.78 is 6.67. The first-order chi connectivity index (χ1) is 9.56. The fourth-order valence-electron chi connectivity index (χ4n) is 3.14. The summed E-state index contributed by atoms with van der Waals surface area (Å²) >= 11 is 0. The molecule has 1 aromatic rings. The molecule has 1 aliphatic carbocycles. The van der Waals surface area contributed by atoms with Crippen molar-refractivity contribution < 1.29 is 9.53 Å². The number of ether oxygens (including phenoxy) is 1. The van der Waals surface area contributed by atoms with Gasteiger partial charge in [-0.25, -0.2) is 9.78 Å². The first-order valence-electron chi connectivity index (χ1n) is 7.47. The molecule has 0 unspecified atom stereocenters. The molecule has 2 N–H and O–H groups in total. The van der Waals surface area contributed by atoms with Crippen molar-refractivity contribution in [2.24, 2.45) is 11.8 Å². The molecule has 20 heavy (non-hydrogen) atoms. The van der Waals surface area contributed by atoms with E-state index in [1.54, 1.807) is 0 Å². The SMILES string of the molecule is CCC1CCC(Cn2c(C)nc(C(=O)OC)c2N)CC1. The number of rotatable bonds is 4. The van der Waals surface area contributed by atoms with Crippen LogP contribution in [-0.4, -0.2) is 22.6 Å². The maximum absolute atomic E-state index is 11.6. The van der Waals surface area contributed by atoms with Gasteiger partial charge >= 0.3 is 5.97 Å². The predicted octanol–water partition coefficient (Wildman–Crippen LogP) is 2.78. The van der Waals surface area contributed by atoms with Crippen LogP contribution in [0.3, 0.4) is 0 Å². The standard InChI is InChI=1S/C15H25N3O2/c1-4-11-5-7-12(8-6-11)9-18-10(2)17-13(14(18)16)15(19)20-3/h11-12H,4-9,16H2,1-3H3. The van der Waals surface area contributed by atoms with Gasteiger partial charge in [-0.05, 0) is 31.6 Å². The highest BCUT2D eigenvalue weighted by atomic mass is 16.5. The normalized spacial score (nSPS) is 22.8. The van der Waals surface area contributed by atoms with E-state index in [1.165, 1.54) is 39.2 Å². The first kappa shape index (κ1) is 14.9. The lowest BCUT2D eigenvalue weighted by Gasteiger charge is -2.28. The summed E-state index contributed by atoms with van der Waals surface area (Å²) in [5, 5.41) is 0. The van der Waals surface area contributed by atoms with Crippen LogP contribution in [0.4, 0.5) is 5.82 Å². The lowest BCUT2D eigenvalue weighted by atomic mass is 9.81. The quantitative estimate of drug-likeness (QED) is 0.860. The van der Waals surface area contributed by atoms with Crippen LogP contribution in [0.5, 0.6) is 0 Å². The van der Waals surface area contributed by atoms with Crippen LogP contribution in [0.2, 0.25) is 0 Å². The zero-order chi connectivity index (χ0) is 14.7. The zero-order valence-corrected chi connectivity index (χ0v) is 12.7. The molecule has 1 aliphatic rings. The van der Waals surface area contributed by atoms with Gasteiger partial charge in [-0.3, -0.25) is 0 Å². The summed E-state index contributed by atoms with van der Waals surface area (Å²) in [6.45, 7) is 5.02. The molecular weight excluding hydrogens is 254 g/mol. The van der Waals surface area contributed by atoms with Gasteiger partial charge < -0.3 is 15.0 Å². The number of imidazole rings is 1. The minimum atomic E-state index is -0.459. The molecule has 2 rings (SSSR count). The number of nitrogen functional groups attached to an aromatic ring is 1. The minimum Gasteiger partial charge on any atom is -0.464 e. The van der Waals surface area contributed by atoms with Gasteiger partial charge in [0.2, 0.25) is 0 Å². The van der Waals surface area contributed by atoms with E-state index in [9.17, 15) is 4.79 Å². The van der Waals surface area contributed by atoms with Gasteiger partial charge in [-0.2, -0.15) is 0 Å². The number of methoxy groups -OCH3 is 1. The van der Waals surface area contributed by atoms with Crippen LogP contribution >= 0.6 is 0 Å². The second kappa shape index (κ2) is 6.29. The number of hydrogen-bond acceptors (Lipinski definition) is 4. The Morgan fingerprint density at radius 3 is 2.50 bits per heavy atom. The van der Waals surface area contributed by atoms with Crippen LogP contribution in [0.15, 0.2) is 0 Å². The van der Waals surface area contributed by atoms with E-state index >= 15 is 0 Å². The van der Waals surface area contributed by atoms with E-state index in [4.69, 9.17) is 10.5 Å². The van der Waals surface area contributed by atoms with Gasteiger partial charge in [-0.1, -0.05) is 26.2 Å². The Kier molecular flexibility index (Phi) is 4.68. The Bertz CT molecular complexity index is 474. The number of nitrogens with two attached hydrogens (primary N) is 1. The number of hydrogen-bond donors (Lipinski definition) is 1. The van der Waals surface area contributed by atoms with Gasteiger partial charge in [-0.15, -0.1) is 0 Å². The van der Waals surface area contributed by atoms with Crippen LogP contribution in [0, 0.1) is 18.8 Å². The predicted molar refractivity (Wildman–Crippen MR) is 78.5 cm³/mol. The summed E-state index contributed by atoms with van der Waals surface area (Å²) in [5.74, 6) is 2.29. The fraction of sp³-hybridized carbons (Fsp3) is 0.733. The number of carbonyl (C=O) groups is 1. The Hall–Kier alpha value is -1.52. The van der Waals surface area contributed by atoms with Gasteiger partial charge in [0.15, 0.2) is 5.69 Å². The van der Waals surface area contributed by atoms with Crippen molar-refractivity contribution in [2.45, 2.75) is 52.5 Å². The Morgan fingerprint density at radius 2 is 1.95 bits per heavy atom. The number of esters is 1. The van der Waals surface area contributed by atoms with Crippen molar-refractivity contribution in [1.29, 1.82) is 0 Å². The number of carbonyl (C=O) groups excluding carboxylic acids is 1. The molecule has 5 heteroatoms. The van der Waals surface area contributed by atoms with Crippen LogP contribution in [-0.2, 0) is 11.3 Å².